The second-order valence-corrected chi connectivity index (χ2v) is 4.53. The van der Waals surface area contributed by atoms with Gasteiger partial charge in [0, 0.05) is 0 Å². The molecule has 15 heavy (non-hydrogen) atoms. The lowest BCUT2D eigenvalue weighted by molar-refractivity contribution is -0.139. The topological polar surface area (TPSA) is 70.6 Å². The highest BCUT2D eigenvalue weighted by Gasteiger charge is 2.41. The van der Waals surface area contributed by atoms with E-state index >= 15 is 0 Å². The molecule has 2 aliphatic heterocycles. The number of aliphatic imine (C=N–C) groups is 1. The third-order valence-corrected chi connectivity index (χ3v) is 2.96. The quantitative estimate of drug-likeness (QED) is 0.588. The van der Waals surface area contributed by atoms with Crippen molar-refractivity contribution in [1.29, 1.82) is 0 Å². The van der Waals surface area contributed by atoms with Crippen LogP contribution in [0.4, 0.5) is 0 Å². The first kappa shape index (κ1) is 10.3. The van der Waals surface area contributed by atoms with E-state index in [1.54, 1.807) is 13.8 Å². The molecular weight excluding hydrogens is 194 g/mol. The van der Waals surface area contributed by atoms with Crippen LogP contribution in [0.1, 0.15) is 26.7 Å². The molecule has 2 rings (SSSR count). The fourth-order valence-corrected chi connectivity index (χ4v) is 1.73. The number of carbonyl (C=O) groups excluding carboxylic acids is 2. The van der Waals surface area contributed by atoms with Gasteiger partial charge in [-0.05, 0) is 33.2 Å². The Bertz CT molecular complexity index is 341. The number of amidine groups is 1. The summed E-state index contributed by atoms with van der Waals surface area (Å²) in [6.07, 6.45) is 1.98. The number of amides is 2. The van der Waals surface area contributed by atoms with E-state index in [-0.39, 0.29) is 17.9 Å². The summed E-state index contributed by atoms with van der Waals surface area (Å²) in [5.74, 6) is -0.122. The zero-order valence-corrected chi connectivity index (χ0v) is 8.96. The van der Waals surface area contributed by atoms with Gasteiger partial charge >= 0.3 is 0 Å². The van der Waals surface area contributed by atoms with Gasteiger partial charge in [0.25, 0.3) is 5.91 Å². The fraction of sp³-hybridized carbons (Fsp3) is 0.700. The summed E-state index contributed by atoms with van der Waals surface area (Å²) in [6, 6.07) is 0.0361. The maximum Gasteiger partial charge on any atom is 0.262 e. The zero-order valence-electron chi connectivity index (χ0n) is 8.96. The molecule has 0 aromatic heterocycles. The van der Waals surface area contributed by atoms with Gasteiger partial charge in [0.05, 0.1) is 6.04 Å². The molecule has 0 aromatic rings. The van der Waals surface area contributed by atoms with Crippen molar-refractivity contribution in [3.63, 3.8) is 0 Å². The molecular formula is C10H15N3O2. The summed E-state index contributed by atoms with van der Waals surface area (Å²) >= 11 is 0. The van der Waals surface area contributed by atoms with Crippen LogP contribution in [0.25, 0.3) is 0 Å². The maximum absolute atomic E-state index is 11.7. The molecule has 2 N–H and O–H groups in total. The lowest BCUT2D eigenvalue weighted by Crippen LogP contribution is -2.54. The summed E-state index contributed by atoms with van der Waals surface area (Å²) in [7, 11) is 0. The van der Waals surface area contributed by atoms with E-state index in [1.165, 1.54) is 0 Å². The highest BCUT2D eigenvalue weighted by Crippen LogP contribution is 2.22. The average Bonchev–Trinajstić information content (AvgIpc) is 2.67. The molecule has 0 bridgehead atoms. The lowest BCUT2D eigenvalue weighted by atomic mass is 9.89. The summed E-state index contributed by atoms with van der Waals surface area (Å²) in [5, 5.41) is 5.90. The van der Waals surface area contributed by atoms with Gasteiger partial charge < -0.3 is 10.6 Å². The first-order valence-corrected chi connectivity index (χ1v) is 5.19. The molecule has 1 atom stereocenters. The third-order valence-electron chi connectivity index (χ3n) is 2.96. The first-order chi connectivity index (χ1) is 7.01. The van der Waals surface area contributed by atoms with Crippen LogP contribution in [-0.2, 0) is 9.59 Å². The van der Waals surface area contributed by atoms with Gasteiger partial charge in [-0.1, -0.05) is 0 Å². The Labute approximate surface area is 88.3 Å². The van der Waals surface area contributed by atoms with Gasteiger partial charge in [0.2, 0.25) is 5.91 Å². The van der Waals surface area contributed by atoms with Crippen LogP contribution in [-0.4, -0.2) is 30.2 Å². The molecule has 0 radical (unpaired) electrons. The summed E-state index contributed by atoms with van der Waals surface area (Å²) in [4.78, 5) is 27.2. The Kier molecular flexibility index (Phi) is 2.34. The summed E-state index contributed by atoms with van der Waals surface area (Å²) < 4.78 is 0. The minimum atomic E-state index is -1.03. The SMILES string of the molecule is CC1(C)C(=O)N=C(C2CCCN2)NC1=O. The third kappa shape index (κ3) is 1.67. The molecule has 0 aromatic carbocycles. The number of hydrogen-bond acceptors (Lipinski definition) is 3. The summed E-state index contributed by atoms with van der Waals surface area (Å²) in [5.41, 5.74) is -1.03. The normalized spacial score (nSPS) is 30.0. The molecule has 2 amide bonds. The Morgan fingerprint density at radius 2 is 2.13 bits per heavy atom. The summed E-state index contributed by atoms with van der Waals surface area (Å²) in [6.45, 7) is 4.09. The van der Waals surface area contributed by atoms with Gasteiger partial charge in [-0.25, -0.2) is 0 Å². The molecule has 0 aliphatic carbocycles. The standard InChI is InChI=1S/C10H15N3O2/c1-10(2)8(14)12-7(13-9(10)15)6-4-3-5-11-6/h6,11H,3-5H2,1-2H3,(H,12,13,14,15). The second-order valence-electron chi connectivity index (χ2n) is 4.53. The number of rotatable bonds is 1. The Morgan fingerprint density at radius 1 is 1.40 bits per heavy atom. The monoisotopic (exact) mass is 209 g/mol. The Hall–Kier alpha value is -1.23. The number of nitrogens with zero attached hydrogens (tertiary/aromatic N) is 1. The van der Waals surface area contributed by atoms with E-state index in [0.29, 0.717) is 5.84 Å². The van der Waals surface area contributed by atoms with Crippen LogP contribution in [0.15, 0.2) is 4.99 Å². The molecule has 1 fully saturated rings. The van der Waals surface area contributed by atoms with Crippen molar-refractivity contribution in [2.45, 2.75) is 32.7 Å². The Morgan fingerprint density at radius 3 is 2.67 bits per heavy atom. The van der Waals surface area contributed by atoms with Crippen molar-refractivity contribution in [2.75, 3.05) is 6.54 Å². The van der Waals surface area contributed by atoms with Crippen molar-refractivity contribution in [3.05, 3.63) is 0 Å². The number of nitrogens with one attached hydrogen (secondary N) is 2. The molecule has 5 heteroatoms. The van der Waals surface area contributed by atoms with Crippen molar-refractivity contribution in [2.24, 2.45) is 10.4 Å². The first-order valence-electron chi connectivity index (χ1n) is 5.19. The zero-order chi connectivity index (χ0) is 11.1. The molecule has 2 aliphatic rings. The van der Waals surface area contributed by atoms with Crippen LogP contribution < -0.4 is 10.6 Å². The van der Waals surface area contributed by atoms with Gasteiger partial charge in [0.15, 0.2) is 0 Å². The van der Waals surface area contributed by atoms with E-state index in [4.69, 9.17) is 0 Å². The van der Waals surface area contributed by atoms with Crippen molar-refractivity contribution >= 4 is 17.6 Å². The van der Waals surface area contributed by atoms with Gasteiger partial charge in [-0.3, -0.25) is 9.59 Å². The number of carbonyl (C=O) groups is 2. The van der Waals surface area contributed by atoms with E-state index in [2.05, 4.69) is 15.6 Å². The second kappa shape index (κ2) is 3.41. The van der Waals surface area contributed by atoms with Crippen molar-refractivity contribution in [1.82, 2.24) is 10.6 Å². The molecule has 0 spiro atoms. The van der Waals surface area contributed by atoms with Crippen molar-refractivity contribution in [3.8, 4) is 0 Å². The van der Waals surface area contributed by atoms with Gasteiger partial charge in [0.1, 0.15) is 11.3 Å². The van der Waals surface area contributed by atoms with E-state index in [9.17, 15) is 9.59 Å². The predicted octanol–water partition coefficient (Wildman–Crippen LogP) is -0.181. The largest absolute Gasteiger partial charge is 0.312 e. The van der Waals surface area contributed by atoms with Crippen molar-refractivity contribution < 1.29 is 9.59 Å². The highest BCUT2D eigenvalue weighted by atomic mass is 16.2. The van der Waals surface area contributed by atoms with Crippen LogP contribution in [0.2, 0.25) is 0 Å². The maximum atomic E-state index is 11.7. The molecule has 5 nitrogen and oxygen atoms in total. The van der Waals surface area contributed by atoms with E-state index < -0.39 is 5.41 Å². The van der Waals surface area contributed by atoms with Crippen LogP contribution >= 0.6 is 0 Å². The molecule has 0 saturated carbocycles. The molecule has 1 saturated heterocycles. The minimum absolute atomic E-state index is 0.0361. The van der Waals surface area contributed by atoms with Crippen LogP contribution in [0, 0.1) is 5.41 Å². The average molecular weight is 209 g/mol. The van der Waals surface area contributed by atoms with Gasteiger partial charge in [-0.2, -0.15) is 4.99 Å². The molecule has 1 unspecified atom stereocenters. The number of hydrogen-bond donors (Lipinski definition) is 2. The fourth-order valence-electron chi connectivity index (χ4n) is 1.73. The van der Waals surface area contributed by atoms with E-state index in [0.717, 1.165) is 19.4 Å². The molecule has 82 valence electrons. The Balaban J connectivity index is 2.22. The smallest absolute Gasteiger partial charge is 0.262 e. The predicted molar refractivity (Wildman–Crippen MR) is 55.4 cm³/mol. The van der Waals surface area contributed by atoms with Crippen LogP contribution in [0.3, 0.4) is 0 Å². The van der Waals surface area contributed by atoms with Gasteiger partial charge in [-0.15, -0.1) is 0 Å². The minimum Gasteiger partial charge on any atom is -0.312 e. The highest BCUT2D eigenvalue weighted by molar-refractivity contribution is 6.19. The lowest BCUT2D eigenvalue weighted by Gasteiger charge is -2.27. The molecule has 2 heterocycles. The van der Waals surface area contributed by atoms with E-state index in [1.807, 2.05) is 0 Å². The van der Waals surface area contributed by atoms with Crippen LogP contribution in [0.5, 0.6) is 0 Å².